The fraction of sp³-hybridized carbons (Fsp3) is 0.545. The van der Waals surface area contributed by atoms with Crippen molar-refractivity contribution in [1.29, 1.82) is 0 Å². The van der Waals surface area contributed by atoms with Gasteiger partial charge in [0.1, 0.15) is 5.82 Å². The molecule has 1 N–H and O–H groups in total. The van der Waals surface area contributed by atoms with Crippen LogP contribution in [0.5, 0.6) is 0 Å². The van der Waals surface area contributed by atoms with Crippen LogP contribution in [0.4, 0.5) is 5.82 Å². The summed E-state index contributed by atoms with van der Waals surface area (Å²) in [4.78, 5) is 4.28. The van der Waals surface area contributed by atoms with Gasteiger partial charge in [0.2, 0.25) is 0 Å². The van der Waals surface area contributed by atoms with Gasteiger partial charge < -0.3 is 5.32 Å². The normalized spacial score (nSPS) is 10.2. The molecule has 0 bridgehead atoms. The average Bonchev–Trinajstić information content (AvgIpc) is 2.19. The zero-order valence-corrected chi connectivity index (χ0v) is 10.4. The molecule has 0 aliphatic heterocycles. The van der Waals surface area contributed by atoms with Crippen LogP contribution in [0.3, 0.4) is 0 Å². The maximum absolute atomic E-state index is 4.28. The Morgan fingerprint density at radius 2 is 2.21 bits per heavy atom. The lowest BCUT2D eigenvalue weighted by atomic mass is 10.2. The third-order valence-electron chi connectivity index (χ3n) is 2.16. The van der Waals surface area contributed by atoms with E-state index in [0.717, 1.165) is 16.8 Å². The van der Waals surface area contributed by atoms with Crippen molar-refractivity contribution in [3.8, 4) is 0 Å². The van der Waals surface area contributed by atoms with Crippen molar-refractivity contribution in [1.82, 2.24) is 4.98 Å². The lowest BCUT2D eigenvalue weighted by molar-refractivity contribution is 0.742. The molecule has 1 heterocycles. The third kappa shape index (κ3) is 3.29. The van der Waals surface area contributed by atoms with Gasteiger partial charge in [-0.1, -0.05) is 19.8 Å². The summed E-state index contributed by atoms with van der Waals surface area (Å²) in [5.41, 5.74) is 1.22. The van der Waals surface area contributed by atoms with E-state index in [4.69, 9.17) is 0 Å². The van der Waals surface area contributed by atoms with Crippen molar-refractivity contribution >= 4 is 21.7 Å². The van der Waals surface area contributed by atoms with Crippen LogP contribution in [0.25, 0.3) is 0 Å². The molecule has 0 fully saturated rings. The highest BCUT2D eigenvalue weighted by molar-refractivity contribution is 9.10. The van der Waals surface area contributed by atoms with Crippen molar-refractivity contribution < 1.29 is 0 Å². The fourth-order valence-corrected chi connectivity index (χ4v) is 1.62. The van der Waals surface area contributed by atoms with Gasteiger partial charge in [0.15, 0.2) is 0 Å². The molecule has 0 aliphatic carbocycles. The third-order valence-corrected chi connectivity index (χ3v) is 3.16. The van der Waals surface area contributed by atoms with E-state index in [1.807, 2.05) is 12.3 Å². The Kier molecular flexibility index (Phi) is 4.94. The zero-order valence-electron chi connectivity index (χ0n) is 8.81. The van der Waals surface area contributed by atoms with Crippen LogP contribution >= 0.6 is 15.9 Å². The molecule has 0 amide bonds. The summed E-state index contributed by atoms with van der Waals surface area (Å²) in [6.07, 6.45) is 5.57. The summed E-state index contributed by atoms with van der Waals surface area (Å²) in [6, 6.07) is 2.00. The number of pyridine rings is 1. The van der Waals surface area contributed by atoms with Gasteiger partial charge in [-0.25, -0.2) is 4.98 Å². The Labute approximate surface area is 94.3 Å². The Balaban J connectivity index is 2.46. The first-order chi connectivity index (χ1) is 6.75. The van der Waals surface area contributed by atoms with Crippen molar-refractivity contribution in [3.05, 3.63) is 22.3 Å². The second-order valence-corrected chi connectivity index (χ2v) is 4.22. The molecular formula is C11H17BrN2. The van der Waals surface area contributed by atoms with Crippen molar-refractivity contribution in [3.63, 3.8) is 0 Å². The maximum Gasteiger partial charge on any atom is 0.140 e. The summed E-state index contributed by atoms with van der Waals surface area (Å²) in [5.74, 6) is 0.959. The molecule has 0 saturated carbocycles. The molecule has 2 nitrogen and oxygen atoms in total. The molecule has 0 unspecified atom stereocenters. The molecule has 78 valence electrons. The largest absolute Gasteiger partial charge is 0.369 e. The molecule has 0 saturated heterocycles. The number of rotatable bonds is 5. The molecule has 0 radical (unpaired) electrons. The highest BCUT2D eigenvalue weighted by Crippen LogP contribution is 2.22. The molecule has 0 atom stereocenters. The molecule has 1 rings (SSSR count). The summed E-state index contributed by atoms with van der Waals surface area (Å²) >= 11 is 3.52. The van der Waals surface area contributed by atoms with Crippen molar-refractivity contribution in [2.45, 2.75) is 33.1 Å². The summed E-state index contributed by atoms with van der Waals surface area (Å²) < 4.78 is 1.08. The SMILES string of the molecule is CCCCCNc1nccc(C)c1Br. The van der Waals surface area contributed by atoms with Crippen LogP contribution in [-0.4, -0.2) is 11.5 Å². The molecule has 1 aromatic rings. The molecule has 14 heavy (non-hydrogen) atoms. The van der Waals surface area contributed by atoms with E-state index in [0.29, 0.717) is 0 Å². The molecule has 0 spiro atoms. The van der Waals surface area contributed by atoms with E-state index in [2.05, 4.69) is 40.1 Å². The van der Waals surface area contributed by atoms with Gasteiger partial charge in [-0.15, -0.1) is 0 Å². The predicted molar refractivity (Wildman–Crippen MR) is 64.7 cm³/mol. The Morgan fingerprint density at radius 1 is 1.43 bits per heavy atom. The number of aromatic nitrogens is 1. The number of anilines is 1. The minimum atomic E-state index is 0.959. The number of hydrogen-bond acceptors (Lipinski definition) is 2. The molecule has 3 heteroatoms. The highest BCUT2D eigenvalue weighted by atomic mass is 79.9. The maximum atomic E-state index is 4.28. The average molecular weight is 257 g/mol. The van der Waals surface area contributed by atoms with Crippen molar-refractivity contribution in [2.24, 2.45) is 0 Å². The fourth-order valence-electron chi connectivity index (χ4n) is 1.25. The minimum Gasteiger partial charge on any atom is -0.369 e. The van der Waals surface area contributed by atoms with E-state index < -0.39 is 0 Å². The second-order valence-electron chi connectivity index (χ2n) is 3.42. The summed E-state index contributed by atoms with van der Waals surface area (Å²) in [7, 11) is 0. The van der Waals surface area contributed by atoms with Crippen LogP contribution in [0, 0.1) is 6.92 Å². The first-order valence-corrected chi connectivity index (χ1v) is 5.90. The molecule has 0 aliphatic rings. The standard InChI is InChI=1S/C11H17BrN2/c1-3-4-5-7-13-11-10(12)9(2)6-8-14-11/h6,8H,3-5,7H2,1-2H3,(H,13,14). The van der Waals surface area contributed by atoms with Crippen LogP contribution in [0.15, 0.2) is 16.7 Å². The topological polar surface area (TPSA) is 24.9 Å². The van der Waals surface area contributed by atoms with Crippen molar-refractivity contribution in [2.75, 3.05) is 11.9 Å². The number of hydrogen-bond donors (Lipinski definition) is 1. The lowest BCUT2D eigenvalue weighted by Crippen LogP contribution is -2.04. The van der Waals surface area contributed by atoms with Crippen LogP contribution in [0.2, 0.25) is 0 Å². The smallest absolute Gasteiger partial charge is 0.140 e. The Hall–Kier alpha value is -0.570. The minimum absolute atomic E-state index is 0.959. The summed E-state index contributed by atoms with van der Waals surface area (Å²) in [5, 5.41) is 3.33. The van der Waals surface area contributed by atoms with E-state index >= 15 is 0 Å². The quantitative estimate of drug-likeness (QED) is 0.812. The Bertz CT molecular complexity index is 287. The number of aryl methyl sites for hydroxylation is 1. The van der Waals surface area contributed by atoms with E-state index in [1.54, 1.807) is 0 Å². The monoisotopic (exact) mass is 256 g/mol. The van der Waals surface area contributed by atoms with Crippen LogP contribution in [0.1, 0.15) is 31.7 Å². The van der Waals surface area contributed by atoms with Crippen LogP contribution in [-0.2, 0) is 0 Å². The second kappa shape index (κ2) is 6.02. The van der Waals surface area contributed by atoms with Crippen LogP contribution < -0.4 is 5.32 Å². The highest BCUT2D eigenvalue weighted by Gasteiger charge is 2.01. The number of nitrogens with zero attached hydrogens (tertiary/aromatic N) is 1. The van der Waals surface area contributed by atoms with Gasteiger partial charge in [0.05, 0.1) is 4.47 Å². The molecular weight excluding hydrogens is 240 g/mol. The van der Waals surface area contributed by atoms with Gasteiger partial charge in [0.25, 0.3) is 0 Å². The molecule has 0 aromatic carbocycles. The van der Waals surface area contributed by atoms with E-state index in [9.17, 15) is 0 Å². The first kappa shape index (κ1) is 11.5. The van der Waals surface area contributed by atoms with E-state index in [1.165, 1.54) is 24.8 Å². The Morgan fingerprint density at radius 3 is 2.93 bits per heavy atom. The van der Waals surface area contributed by atoms with Gasteiger partial charge >= 0.3 is 0 Å². The number of halogens is 1. The summed E-state index contributed by atoms with van der Waals surface area (Å²) in [6.45, 7) is 5.28. The number of unbranched alkanes of at least 4 members (excludes halogenated alkanes) is 2. The van der Waals surface area contributed by atoms with Gasteiger partial charge in [0, 0.05) is 12.7 Å². The predicted octanol–water partition coefficient (Wildman–Crippen LogP) is 3.75. The van der Waals surface area contributed by atoms with Gasteiger partial charge in [-0.3, -0.25) is 0 Å². The zero-order chi connectivity index (χ0) is 10.4. The first-order valence-electron chi connectivity index (χ1n) is 5.10. The van der Waals surface area contributed by atoms with Gasteiger partial charge in [-0.05, 0) is 40.9 Å². The van der Waals surface area contributed by atoms with Gasteiger partial charge in [-0.2, -0.15) is 0 Å². The number of nitrogens with one attached hydrogen (secondary N) is 1. The lowest BCUT2D eigenvalue weighted by Gasteiger charge is -2.08. The van der Waals surface area contributed by atoms with E-state index in [-0.39, 0.29) is 0 Å². The molecule has 1 aromatic heterocycles.